The number of nitrogens with one attached hydrogen (secondary N) is 2. The van der Waals surface area contributed by atoms with E-state index in [4.69, 9.17) is 4.74 Å². The predicted octanol–water partition coefficient (Wildman–Crippen LogP) is 3.70. The molecule has 0 aromatic heterocycles. The fourth-order valence-electron chi connectivity index (χ4n) is 2.18. The second-order valence-electron chi connectivity index (χ2n) is 5.56. The maximum Gasteiger partial charge on any atom is 0.237 e. The highest BCUT2D eigenvalue weighted by Crippen LogP contribution is 2.24. The molecule has 0 saturated carbocycles. The summed E-state index contributed by atoms with van der Waals surface area (Å²) < 4.78 is 5.21. The summed E-state index contributed by atoms with van der Waals surface area (Å²) in [5.41, 5.74) is 2.46. The minimum atomic E-state index is -0.367. The summed E-state index contributed by atoms with van der Waals surface area (Å²) in [5.74, 6) is 0.504. The lowest BCUT2D eigenvalue weighted by Gasteiger charge is -2.14. The molecule has 0 radical (unpaired) electrons. The van der Waals surface area contributed by atoms with Crippen molar-refractivity contribution in [1.29, 1.82) is 0 Å². The van der Waals surface area contributed by atoms with E-state index in [1.165, 1.54) is 11.8 Å². The second kappa shape index (κ2) is 9.13. The first-order valence-corrected chi connectivity index (χ1v) is 8.96. The molecule has 2 amide bonds. The van der Waals surface area contributed by atoms with E-state index in [1.54, 1.807) is 26.2 Å². The zero-order chi connectivity index (χ0) is 18.2. The average molecular weight is 358 g/mol. The van der Waals surface area contributed by atoms with Crippen molar-refractivity contribution in [2.45, 2.75) is 19.1 Å². The van der Waals surface area contributed by atoms with Gasteiger partial charge in [-0.2, -0.15) is 0 Å². The van der Waals surface area contributed by atoms with Crippen molar-refractivity contribution < 1.29 is 14.3 Å². The van der Waals surface area contributed by atoms with Gasteiger partial charge in [0.05, 0.1) is 23.8 Å². The van der Waals surface area contributed by atoms with E-state index >= 15 is 0 Å². The molecule has 132 valence electrons. The summed E-state index contributed by atoms with van der Waals surface area (Å²) in [6.45, 7) is 3.74. The van der Waals surface area contributed by atoms with Gasteiger partial charge < -0.3 is 15.4 Å². The molecule has 0 saturated heterocycles. The Balaban J connectivity index is 1.83. The Labute approximate surface area is 152 Å². The summed E-state index contributed by atoms with van der Waals surface area (Å²) in [7, 11) is 1.55. The number of carbonyl (C=O) groups is 2. The van der Waals surface area contributed by atoms with Crippen molar-refractivity contribution in [1.82, 2.24) is 0 Å². The number of benzene rings is 2. The molecule has 2 aromatic rings. The van der Waals surface area contributed by atoms with Crippen LogP contribution in [0, 0.1) is 6.92 Å². The normalized spacial score (nSPS) is 11.5. The van der Waals surface area contributed by atoms with Crippen LogP contribution in [-0.2, 0) is 9.59 Å². The lowest BCUT2D eigenvalue weighted by Crippen LogP contribution is -2.25. The van der Waals surface area contributed by atoms with Gasteiger partial charge in [0, 0.05) is 5.69 Å². The van der Waals surface area contributed by atoms with Crippen molar-refractivity contribution in [3.8, 4) is 5.75 Å². The molecule has 6 heteroatoms. The molecule has 0 bridgehead atoms. The standard InChI is InChI=1S/C19H22N2O3S/c1-13-7-6-8-15(11-13)20-18(22)12-25-14(2)19(23)21-16-9-4-5-10-17(16)24-3/h4-11,14H,12H2,1-3H3,(H,20,22)(H,21,23)/t14-/m0/s1. The van der Waals surface area contributed by atoms with E-state index in [-0.39, 0.29) is 22.8 Å². The fourth-order valence-corrected chi connectivity index (χ4v) is 2.86. The molecule has 0 heterocycles. The molecular weight excluding hydrogens is 336 g/mol. The second-order valence-corrected chi connectivity index (χ2v) is 6.89. The Morgan fingerprint density at radius 2 is 1.88 bits per heavy atom. The molecule has 2 rings (SSSR count). The van der Waals surface area contributed by atoms with Gasteiger partial charge in [0.1, 0.15) is 5.75 Å². The minimum Gasteiger partial charge on any atom is -0.495 e. The van der Waals surface area contributed by atoms with Crippen LogP contribution in [-0.4, -0.2) is 29.9 Å². The molecular formula is C19H22N2O3S. The molecule has 5 nitrogen and oxygen atoms in total. The van der Waals surface area contributed by atoms with E-state index in [2.05, 4.69) is 10.6 Å². The number of ether oxygens (including phenoxy) is 1. The van der Waals surface area contributed by atoms with Gasteiger partial charge in [0.15, 0.2) is 0 Å². The monoisotopic (exact) mass is 358 g/mol. The lowest BCUT2D eigenvalue weighted by molar-refractivity contribution is -0.115. The number of rotatable bonds is 7. The highest BCUT2D eigenvalue weighted by atomic mass is 32.2. The van der Waals surface area contributed by atoms with Crippen molar-refractivity contribution in [3.05, 3.63) is 54.1 Å². The number of anilines is 2. The summed E-state index contributed by atoms with van der Waals surface area (Å²) >= 11 is 1.28. The molecule has 2 N–H and O–H groups in total. The lowest BCUT2D eigenvalue weighted by atomic mass is 10.2. The topological polar surface area (TPSA) is 67.4 Å². The maximum atomic E-state index is 12.3. The molecule has 1 atom stereocenters. The van der Waals surface area contributed by atoms with Gasteiger partial charge in [0.2, 0.25) is 11.8 Å². The van der Waals surface area contributed by atoms with Crippen molar-refractivity contribution in [2.75, 3.05) is 23.5 Å². The highest BCUT2D eigenvalue weighted by Gasteiger charge is 2.17. The van der Waals surface area contributed by atoms with Gasteiger partial charge in [0.25, 0.3) is 0 Å². The maximum absolute atomic E-state index is 12.3. The van der Waals surface area contributed by atoms with Crippen LogP contribution in [0.3, 0.4) is 0 Å². The van der Waals surface area contributed by atoms with Crippen molar-refractivity contribution in [2.24, 2.45) is 0 Å². The first kappa shape index (κ1) is 18.9. The summed E-state index contributed by atoms with van der Waals surface area (Å²) in [4.78, 5) is 24.3. The molecule has 25 heavy (non-hydrogen) atoms. The number of carbonyl (C=O) groups excluding carboxylic acids is 2. The van der Waals surface area contributed by atoms with Crippen LogP contribution in [0.2, 0.25) is 0 Å². The molecule has 0 aliphatic carbocycles. The van der Waals surface area contributed by atoms with Crippen LogP contribution in [0.25, 0.3) is 0 Å². The Morgan fingerprint density at radius 3 is 2.60 bits per heavy atom. The van der Waals surface area contributed by atoms with Gasteiger partial charge in [-0.1, -0.05) is 24.3 Å². The zero-order valence-corrected chi connectivity index (χ0v) is 15.4. The van der Waals surface area contributed by atoms with Crippen molar-refractivity contribution in [3.63, 3.8) is 0 Å². The van der Waals surface area contributed by atoms with Gasteiger partial charge in [-0.05, 0) is 43.7 Å². The Bertz CT molecular complexity index is 749. The molecule has 0 fully saturated rings. The van der Waals surface area contributed by atoms with E-state index in [0.29, 0.717) is 11.4 Å². The number of para-hydroxylation sites is 2. The number of hydrogen-bond donors (Lipinski definition) is 2. The average Bonchev–Trinajstić information content (AvgIpc) is 2.60. The fraction of sp³-hybridized carbons (Fsp3) is 0.263. The van der Waals surface area contributed by atoms with Crippen LogP contribution in [0.1, 0.15) is 12.5 Å². The SMILES string of the molecule is COc1ccccc1NC(=O)[C@H](C)SCC(=O)Nc1cccc(C)c1. The summed E-state index contributed by atoms with van der Waals surface area (Å²) in [5, 5.41) is 5.29. The number of methoxy groups -OCH3 is 1. The third-order valence-electron chi connectivity index (χ3n) is 3.50. The van der Waals surface area contributed by atoms with E-state index in [9.17, 15) is 9.59 Å². The smallest absolute Gasteiger partial charge is 0.237 e. The number of aryl methyl sites for hydroxylation is 1. The number of amides is 2. The molecule has 0 spiro atoms. The molecule has 0 aliphatic heterocycles. The summed E-state index contributed by atoms with van der Waals surface area (Å²) in [6, 6.07) is 14.8. The quantitative estimate of drug-likeness (QED) is 0.792. The molecule has 0 unspecified atom stereocenters. The number of hydrogen-bond acceptors (Lipinski definition) is 4. The zero-order valence-electron chi connectivity index (χ0n) is 14.5. The first-order valence-electron chi connectivity index (χ1n) is 7.91. The molecule has 2 aromatic carbocycles. The Kier molecular flexibility index (Phi) is 6.89. The molecule has 0 aliphatic rings. The predicted molar refractivity (Wildman–Crippen MR) is 103 cm³/mol. The third kappa shape index (κ3) is 5.83. The van der Waals surface area contributed by atoms with Gasteiger partial charge >= 0.3 is 0 Å². The van der Waals surface area contributed by atoms with Crippen LogP contribution in [0.5, 0.6) is 5.75 Å². The number of thioether (sulfide) groups is 1. The van der Waals surface area contributed by atoms with Crippen LogP contribution < -0.4 is 15.4 Å². The van der Waals surface area contributed by atoms with Crippen LogP contribution in [0.15, 0.2) is 48.5 Å². The third-order valence-corrected chi connectivity index (χ3v) is 4.64. The van der Waals surface area contributed by atoms with Gasteiger partial charge in [-0.25, -0.2) is 0 Å². The van der Waals surface area contributed by atoms with Gasteiger partial charge in [-0.15, -0.1) is 11.8 Å². The first-order chi connectivity index (χ1) is 12.0. The van der Waals surface area contributed by atoms with E-state index in [0.717, 1.165) is 11.3 Å². The minimum absolute atomic E-state index is 0.132. The van der Waals surface area contributed by atoms with Crippen LogP contribution in [0.4, 0.5) is 11.4 Å². The van der Waals surface area contributed by atoms with Crippen molar-refractivity contribution >= 4 is 35.0 Å². The summed E-state index contributed by atoms with van der Waals surface area (Å²) in [6.07, 6.45) is 0. The van der Waals surface area contributed by atoms with E-state index in [1.807, 2.05) is 43.3 Å². The Hall–Kier alpha value is -2.47. The Morgan fingerprint density at radius 1 is 1.12 bits per heavy atom. The largest absolute Gasteiger partial charge is 0.495 e. The van der Waals surface area contributed by atoms with Crippen LogP contribution >= 0.6 is 11.8 Å². The highest BCUT2D eigenvalue weighted by molar-refractivity contribution is 8.01. The van der Waals surface area contributed by atoms with E-state index < -0.39 is 0 Å². The van der Waals surface area contributed by atoms with Gasteiger partial charge in [-0.3, -0.25) is 9.59 Å².